The van der Waals surface area contributed by atoms with Gasteiger partial charge >= 0.3 is 0 Å². The number of hydrogen-bond donors (Lipinski definition) is 1. The fraction of sp³-hybridized carbons (Fsp3) is 0.231. The number of hydrogen-bond acceptors (Lipinski definition) is 4. The zero-order chi connectivity index (χ0) is 13.1. The van der Waals surface area contributed by atoms with Gasteiger partial charge in [0, 0.05) is 17.4 Å². The highest BCUT2D eigenvalue weighted by Gasteiger charge is 2.17. The van der Waals surface area contributed by atoms with Gasteiger partial charge in [0.05, 0.1) is 13.2 Å². The van der Waals surface area contributed by atoms with E-state index in [1.165, 1.54) is 0 Å². The van der Waals surface area contributed by atoms with Gasteiger partial charge in [-0.05, 0) is 24.1 Å². The lowest BCUT2D eigenvalue weighted by Gasteiger charge is -2.14. The van der Waals surface area contributed by atoms with Crippen LogP contribution >= 0.6 is 11.6 Å². The van der Waals surface area contributed by atoms with E-state index in [0.29, 0.717) is 16.6 Å². The van der Waals surface area contributed by atoms with Crippen molar-refractivity contribution in [3.8, 4) is 5.88 Å². The molecule has 2 rings (SSSR count). The van der Waals surface area contributed by atoms with Crippen molar-refractivity contribution in [2.75, 3.05) is 7.11 Å². The monoisotopic (exact) mass is 263 g/mol. The summed E-state index contributed by atoms with van der Waals surface area (Å²) in [5.41, 5.74) is 8.66. The molecule has 1 atom stereocenters. The third kappa shape index (κ3) is 2.44. The third-order valence-electron chi connectivity index (χ3n) is 2.73. The van der Waals surface area contributed by atoms with Crippen LogP contribution in [0.5, 0.6) is 5.88 Å². The molecule has 2 N–H and O–H groups in total. The highest BCUT2D eigenvalue weighted by molar-refractivity contribution is 6.31. The smallest absolute Gasteiger partial charge is 0.237 e. The standard InChI is InChI=1S/C13H14ClN3O/c1-8-3-4-9(7-10(8)14)11(15)12-13(18-2)17-6-5-16-12/h3-7,11H,15H2,1-2H3. The Morgan fingerprint density at radius 1 is 1.28 bits per heavy atom. The van der Waals surface area contributed by atoms with E-state index < -0.39 is 6.04 Å². The van der Waals surface area contributed by atoms with E-state index in [9.17, 15) is 0 Å². The first-order chi connectivity index (χ1) is 8.63. The zero-order valence-electron chi connectivity index (χ0n) is 10.2. The average molecular weight is 264 g/mol. The summed E-state index contributed by atoms with van der Waals surface area (Å²) < 4.78 is 5.16. The van der Waals surface area contributed by atoms with Gasteiger partial charge < -0.3 is 10.5 Å². The SMILES string of the molecule is COc1nccnc1C(N)c1ccc(C)c(Cl)c1. The van der Waals surface area contributed by atoms with E-state index in [1.54, 1.807) is 19.5 Å². The summed E-state index contributed by atoms with van der Waals surface area (Å²) in [4.78, 5) is 8.31. The van der Waals surface area contributed by atoms with Crippen LogP contribution in [0.2, 0.25) is 5.02 Å². The number of rotatable bonds is 3. The summed E-state index contributed by atoms with van der Waals surface area (Å²) in [5.74, 6) is 0.432. The van der Waals surface area contributed by atoms with Gasteiger partial charge in [0.2, 0.25) is 5.88 Å². The minimum atomic E-state index is -0.410. The first-order valence-corrected chi connectivity index (χ1v) is 5.87. The Labute approximate surface area is 111 Å². The van der Waals surface area contributed by atoms with E-state index in [2.05, 4.69) is 9.97 Å². The van der Waals surface area contributed by atoms with Crippen LogP contribution in [0.15, 0.2) is 30.6 Å². The lowest BCUT2D eigenvalue weighted by Crippen LogP contribution is -2.15. The molecule has 18 heavy (non-hydrogen) atoms. The Bertz CT molecular complexity index is 560. The molecule has 0 spiro atoms. The molecule has 0 saturated carbocycles. The minimum absolute atomic E-state index is 0.410. The van der Waals surface area contributed by atoms with Gasteiger partial charge in [0.1, 0.15) is 5.69 Å². The molecule has 0 amide bonds. The van der Waals surface area contributed by atoms with Crippen molar-refractivity contribution in [1.82, 2.24) is 9.97 Å². The van der Waals surface area contributed by atoms with Gasteiger partial charge in [0.15, 0.2) is 0 Å². The maximum Gasteiger partial charge on any atom is 0.237 e. The second kappa shape index (κ2) is 5.33. The predicted octanol–water partition coefficient (Wildman–Crippen LogP) is 2.50. The zero-order valence-corrected chi connectivity index (χ0v) is 11.0. The first kappa shape index (κ1) is 12.8. The second-order valence-electron chi connectivity index (χ2n) is 3.94. The van der Waals surface area contributed by atoms with E-state index >= 15 is 0 Å². The Morgan fingerprint density at radius 3 is 2.67 bits per heavy atom. The number of benzene rings is 1. The van der Waals surface area contributed by atoms with Crippen molar-refractivity contribution in [3.63, 3.8) is 0 Å². The summed E-state index contributed by atoms with van der Waals surface area (Å²) in [7, 11) is 1.54. The van der Waals surface area contributed by atoms with E-state index in [0.717, 1.165) is 11.1 Å². The van der Waals surface area contributed by atoms with Crippen LogP contribution in [0, 0.1) is 6.92 Å². The summed E-state index contributed by atoms with van der Waals surface area (Å²) >= 11 is 6.10. The Morgan fingerprint density at radius 2 is 2.00 bits per heavy atom. The fourth-order valence-corrected chi connectivity index (χ4v) is 1.86. The fourth-order valence-electron chi connectivity index (χ4n) is 1.67. The maximum atomic E-state index is 6.17. The highest BCUT2D eigenvalue weighted by Crippen LogP contribution is 2.27. The number of ether oxygens (including phenoxy) is 1. The number of aryl methyl sites for hydroxylation is 1. The number of nitrogens with two attached hydrogens (primary N) is 1. The summed E-state index contributed by atoms with van der Waals surface area (Å²) in [5, 5.41) is 0.686. The number of methoxy groups -OCH3 is 1. The first-order valence-electron chi connectivity index (χ1n) is 5.50. The molecule has 0 saturated heterocycles. The molecule has 2 aromatic rings. The lowest BCUT2D eigenvalue weighted by atomic mass is 10.0. The quantitative estimate of drug-likeness (QED) is 0.924. The minimum Gasteiger partial charge on any atom is -0.480 e. The van der Waals surface area contributed by atoms with Gasteiger partial charge in [-0.3, -0.25) is 4.98 Å². The molecule has 0 aliphatic carbocycles. The maximum absolute atomic E-state index is 6.17. The molecule has 1 heterocycles. The van der Waals surface area contributed by atoms with Crippen LogP contribution in [-0.2, 0) is 0 Å². The Kier molecular flexibility index (Phi) is 3.79. The van der Waals surface area contributed by atoms with Gasteiger partial charge in [0.25, 0.3) is 0 Å². The van der Waals surface area contributed by atoms with Gasteiger partial charge in [-0.1, -0.05) is 23.7 Å². The molecule has 1 aromatic carbocycles. The number of halogens is 1. The summed E-state index contributed by atoms with van der Waals surface area (Å²) in [6.45, 7) is 1.94. The predicted molar refractivity (Wildman–Crippen MR) is 70.8 cm³/mol. The molecule has 5 heteroatoms. The molecule has 0 bridgehead atoms. The highest BCUT2D eigenvalue weighted by atomic mass is 35.5. The normalized spacial score (nSPS) is 12.2. The molecule has 94 valence electrons. The molecule has 0 fully saturated rings. The molecular weight excluding hydrogens is 250 g/mol. The lowest BCUT2D eigenvalue weighted by molar-refractivity contribution is 0.387. The third-order valence-corrected chi connectivity index (χ3v) is 3.14. The van der Waals surface area contributed by atoms with Gasteiger partial charge in [-0.15, -0.1) is 0 Å². The molecule has 1 aromatic heterocycles. The van der Waals surface area contributed by atoms with Crippen molar-refractivity contribution in [1.29, 1.82) is 0 Å². The van der Waals surface area contributed by atoms with Crippen LogP contribution in [0.3, 0.4) is 0 Å². The van der Waals surface area contributed by atoms with Crippen LogP contribution in [0.1, 0.15) is 22.9 Å². The Balaban J connectivity index is 2.41. The van der Waals surface area contributed by atoms with Gasteiger partial charge in [-0.25, -0.2) is 4.98 Å². The molecule has 0 aliphatic rings. The van der Waals surface area contributed by atoms with Crippen molar-refractivity contribution in [2.45, 2.75) is 13.0 Å². The van der Waals surface area contributed by atoms with Crippen LogP contribution < -0.4 is 10.5 Å². The molecule has 0 radical (unpaired) electrons. The second-order valence-corrected chi connectivity index (χ2v) is 4.34. The van der Waals surface area contributed by atoms with Crippen molar-refractivity contribution < 1.29 is 4.74 Å². The van der Waals surface area contributed by atoms with E-state index in [1.807, 2.05) is 25.1 Å². The van der Waals surface area contributed by atoms with E-state index in [-0.39, 0.29) is 0 Å². The summed E-state index contributed by atoms with van der Waals surface area (Å²) in [6.07, 6.45) is 3.16. The van der Waals surface area contributed by atoms with Crippen LogP contribution in [-0.4, -0.2) is 17.1 Å². The van der Waals surface area contributed by atoms with Gasteiger partial charge in [-0.2, -0.15) is 0 Å². The van der Waals surface area contributed by atoms with Crippen molar-refractivity contribution in [3.05, 3.63) is 52.4 Å². The molecule has 1 unspecified atom stereocenters. The van der Waals surface area contributed by atoms with Crippen molar-refractivity contribution in [2.24, 2.45) is 5.73 Å². The van der Waals surface area contributed by atoms with E-state index in [4.69, 9.17) is 22.1 Å². The molecular formula is C13H14ClN3O. The van der Waals surface area contributed by atoms with Crippen molar-refractivity contribution >= 4 is 11.6 Å². The van der Waals surface area contributed by atoms with Crippen LogP contribution in [0.4, 0.5) is 0 Å². The summed E-state index contributed by atoms with van der Waals surface area (Å²) in [6, 6.07) is 5.29. The topological polar surface area (TPSA) is 61.0 Å². The Hall–Kier alpha value is -1.65. The van der Waals surface area contributed by atoms with Crippen LogP contribution in [0.25, 0.3) is 0 Å². The molecule has 0 aliphatic heterocycles. The number of aromatic nitrogens is 2. The molecule has 4 nitrogen and oxygen atoms in total. The number of nitrogens with zero attached hydrogens (tertiary/aromatic N) is 2. The largest absolute Gasteiger partial charge is 0.480 e. The average Bonchev–Trinajstić information content (AvgIpc) is 2.41.